The largest absolute Gasteiger partial charge is 0.303 e. The number of hydrogen-bond donors (Lipinski definition) is 0. The molecule has 0 N–H and O–H groups in total. The Kier molecular flexibility index (Phi) is 10.6. The molecule has 0 bridgehead atoms. The molecule has 0 aromatic carbocycles. The summed E-state index contributed by atoms with van der Waals surface area (Å²) < 4.78 is 0. The van der Waals surface area contributed by atoms with Crippen molar-refractivity contribution in [2.45, 2.75) is 38.5 Å². The topological polar surface area (TPSA) is 34.1 Å². The van der Waals surface area contributed by atoms with Crippen molar-refractivity contribution in [2.24, 2.45) is 0 Å². The van der Waals surface area contributed by atoms with Crippen molar-refractivity contribution >= 4 is 12.1 Å². The minimum Gasteiger partial charge on any atom is -0.303 e. The fourth-order valence-electron chi connectivity index (χ4n) is 1.25. The Bertz CT molecular complexity index is 262. The van der Waals surface area contributed by atoms with E-state index in [1.165, 1.54) is 0 Å². The number of ketones is 1. The Balaban J connectivity index is 3.44. The quantitative estimate of drug-likeness (QED) is 0.321. The van der Waals surface area contributed by atoms with Crippen LogP contribution in [-0.4, -0.2) is 12.1 Å². The summed E-state index contributed by atoms with van der Waals surface area (Å²) in [5, 5.41) is 0. The Morgan fingerprint density at radius 2 is 1.88 bits per heavy atom. The van der Waals surface area contributed by atoms with Crippen molar-refractivity contribution < 1.29 is 9.59 Å². The third kappa shape index (κ3) is 10.6. The van der Waals surface area contributed by atoms with Crippen LogP contribution in [-0.2, 0) is 9.59 Å². The average molecular weight is 220 g/mol. The summed E-state index contributed by atoms with van der Waals surface area (Å²) in [6.45, 7) is 3.55. The third-order valence-electron chi connectivity index (χ3n) is 2.12. The molecular weight excluding hydrogens is 200 g/mol. The number of allylic oxidation sites excluding steroid dienone is 5. The zero-order chi connectivity index (χ0) is 12.1. The van der Waals surface area contributed by atoms with E-state index in [1.54, 1.807) is 6.08 Å². The molecule has 0 fully saturated rings. The van der Waals surface area contributed by atoms with Crippen LogP contribution in [0, 0.1) is 0 Å². The average Bonchev–Trinajstić information content (AvgIpc) is 2.28. The van der Waals surface area contributed by atoms with Gasteiger partial charge in [0.1, 0.15) is 12.1 Å². The Morgan fingerprint density at radius 3 is 2.56 bits per heavy atom. The van der Waals surface area contributed by atoms with E-state index in [4.69, 9.17) is 0 Å². The van der Waals surface area contributed by atoms with Crippen molar-refractivity contribution in [1.29, 1.82) is 0 Å². The van der Waals surface area contributed by atoms with Crippen LogP contribution in [0.5, 0.6) is 0 Å². The molecule has 16 heavy (non-hydrogen) atoms. The monoisotopic (exact) mass is 220 g/mol. The third-order valence-corrected chi connectivity index (χ3v) is 2.12. The maximum absolute atomic E-state index is 11.3. The molecule has 0 aliphatic carbocycles. The summed E-state index contributed by atoms with van der Waals surface area (Å²) in [5.41, 5.74) is 0. The van der Waals surface area contributed by atoms with Gasteiger partial charge in [0.25, 0.3) is 0 Å². The van der Waals surface area contributed by atoms with Gasteiger partial charge in [-0.2, -0.15) is 0 Å². The number of carbonyl (C=O) groups is 2. The molecule has 0 aliphatic heterocycles. The van der Waals surface area contributed by atoms with Crippen molar-refractivity contribution in [1.82, 2.24) is 0 Å². The van der Waals surface area contributed by atoms with Crippen LogP contribution in [0.1, 0.15) is 38.5 Å². The molecule has 0 unspecified atom stereocenters. The van der Waals surface area contributed by atoms with Gasteiger partial charge in [0.05, 0.1) is 0 Å². The van der Waals surface area contributed by atoms with E-state index in [9.17, 15) is 9.59 Å². The van der Waals surface area contributed by atoms with E-state index in [0.717, 1.165) is 25.5 Å². The van der Waals surface area contributed by atoms with E-state index >= 15 is 0 Å². The van der Waals surface area contributed by atoms with E-state index < -0.39 is 0 Å². The molecule has 0 aromatic rings. The lowest BCUT2D eigenvalue weighted by Crippen LogP contribution is -1.95. The van der Waals surface area contributed by atoms with Gasteiger partial charge in [0, 0.05) is 19.3 Å². The summed E-state index contributed by atoms with van der Waals surface area (Å²) in [5.74, 6) is 0.259. The predicted molar refractivity (Wildman–Crippen MR) is 67.3 cm³/mol. The molecule has 0 saturated heterocycles. The van der Waals surface area contributed by atoms with Crippen molar-refractivity contribution in [3.63, 3.8) is 0 Å². The molecule has 2 nitrogen and oxygen atoms in total. The Hall–Kier alpha value is -1.44. The maximum Gasteiger partial charge on any atom is 0.136 e. The second-order valence-electron chi connectivity index (χ2n) is 3.56. The highest BCUT2D eigenvalue weighted by Gasteiger charge is 1.98. The molecule has 0 rings (SSSR count). The Morgan fingerprint density at radius 1 is 1.06 bits per heavy atom. The lowest BCUT2D eigenvalue weighted by molar-refractivity contribution is -0.118. The van der Waals surface area contributed by atoms with Gasteiger partial charge in [0.2, 0.25) is 0 Å². The van der Waals surface area contributed by atoms with E-state index in [1.807, 2.05) is 24.3 Å². The van der Waals surface area contributed by atoms with E-state index in [0.29, 0.717) is 19.3 Å². The first-order valence-corrected chi connectivity index (χ1v) is 5.71. The summed E-state index contributed by atoms with van der Waals surface area (Å²) in [4.78, 5) is 21.4. The molecule has 0 spiro atoms. The maximum atomic E-state index is 11.3. The SMILES string of the molecule is C=CC=CC=CCC(=O)CCCCCC=O. The first-order chi connectivity index (χ1) is 7.81. The molecule has 88 valence electrons. The summed E-state index contributed by atoms with van der Waals surface area (Å²) in [7, 11) is 0. The fourth-order valence-corrected chi connectivity index (χ4v) is 1.25. The van der Waals surface area contributed by atoms with Crippen LogP contribution in [0.4, 0.5) is 0 Å². The molecule has 2 heteroatoms. The number of carbonyl (C=O) groups excluding carboxylic acids is 2. The number of unbranched alkanes of at least 4 members (excludes halogenated alkanes) is 3. The Labute approximate surface area is 97.7 Å². The van der Waals surface area contributed by atoms with E-state index in [-0.39, 0.29) is 5.78 Å². The van der Waals surface area contributed by atoms with Crippen LogP contribution in [0.15, 0.2) is 37.0 Å². The van der Waals surface area contributed by atoms with Crippen LogP contribution < -0.4 is 0 Å². The minimum absolute atomic E-state index is 0.259. The van der Waals surface area contributed by atoms with Gasteiger partial charge in [-0.25, -0.2) is 0 Å². The molecule has 0 radical (unpaired) electrons. The smallest absolute Gasteiger partial charge is 0.136 e. The highest BCUT2D eigenvalue weighted by Crippen LogP contribution is 2.04. The molecule has 0 aliphatic rings. The standard InChI is InChI=1S/C14H20O2/c1-2-3-4-5-8-11-14(16)12-9-6-7-10-13-15/h2-5,8,13H,1,6-7,9-12H2. The fraction of sp³-hybridized carbons (Fsp3) is 0.429. The van der Waals surface area contributed by atoms with Crippen LogP contribution in [0.3, 0.4) is 0 Å². The van der Waals surface area contributed by atoms with Crippen molar-refractivity contribution in [3.8, 4) is 0 Å². The van der Waals surface area contributed by atoms with Crippen molar-refractivity contribution in [3.05, 3.63) is 37.0 Å². The van der Waals surface area contributed by atoms with Crippen molar-refractivity contribution in [2.75, 3.05) is 0 Å². The predicted octanol–water partition coefficient (Wildman–Crippen LogP) is 3.39. The van der Waals surface area contributed by atoms with Gasteiger partial charge in [0.15, 0.2) is 0 Å². The molecule has 0 aromatic heterocycles. The second-order valence-corrected chi connectivity index (χ2v) is 3.56. The highest BCUT2D eigenvalue weighted by molar-refractivity contribution is 5.79. The number of rotatable bonds is 10. The highest BCUT2D eigenvalue weighted by atomic mass is 16.1. The van der Waals surface area contributed by atoms with Gasteiger partial charge in [-0.3, -0.25) is 4.79 Å². The number of aldehydes is 1. The number of hydrogen-bond acceptors (Lipinski definition) is 2. The van der Waals surface area contributed by atoms with Crippen LogP contribution in [0.2, 0.25) is 0 Å². The van der Waals surface area contributed by atoms with Crippen LogP contribution in [0.25, 0.3) is 0 Å². The van der Waals surface area contributed by atoms with E-state index in [2.05, 4.69) is 6.58 Å². The van der Waals surface area contributed by atoms with Crippen LogP contribution >= 0.6 is 0 Å². The lowest BCUT2D eigenvalue weighted by Gasteiger charge is -1.96. The first kappa shape index (κ1) is 14.6. The molecular formula is C14H20O2. The second kappa shape index (κ2) is 11.6. The normalized spacial score (nSPS) is 11.0. The van der Waals surface area contributed by atoms with Gasteiger partial charge in [-0.15, -0.1) is 0 Å². The molecule has 0 atom stereocenters. The summed E-state index contributed by atoms with van der Waals surface area (Å²) in [6.07, 6.45) is 14.5. The first-order valence-electron chi connectivity index (χ1n) is 5.71. The van der Waals surface area contributed by atoms with Gasteiger partial charge in [-0.05, 0) is 12.8 Å². The van der Waals surface area contributed by atoms with Gasteiger partial charge < -0.3 is 4.79 Å². The molecule has 0 heterocycles. The molecule has 0 saturated carbocycles. The minimum atomic E-state index is 0.259. The summed E-state index contributed by atoms with van der Waals surface area (Å²) >= 11 is 0. The lowest BCUT2D eigenvalue weighted by atomic mass is 10.1. The molecule has 0 amide bonds. The van der Waals surface area contributed by atoms with Gasteiger partial charge in [-0.1, -0.05) is 43.4 Å². The zero-order valence-corrected chi connectivity index (χ0v) is 9.73. The summed E-state index contributed by atoms with van der Waals surface area (Å²) in [6, 6.07) is 0. The number of Topliss-reactive ketones (excluding diaryl/α,β-unsaturated/α-hetero) is 1. The van der Waals surface area contributed by atoms with Gasteiger partial charge >= 0.3 is 0 Å². The zero-order valence-electron chi connectivity index (χ0n) is 9.73.